The summed E-state index contributed by atoms with van der Waals surface area (Å²) in [5, 5.41) is 9.22. The summed E-state index contributed by atoms with van der Waals surface area (Å²) < 4.78 is 5.03. The Morgan fingerprint density at radius 2 is 1.81 bits per heavy atom. The predicted octanol–water partition coefficient (Wildman–Crippen LogP) is 1.21. The van der Waals surface area contributed by atoms with Gasteiger partial charge < -0.3 is 9.84 Å². The van der Waals surface area contributed by atoms with Gasteiger partial charge >= 0.3 is 5.97 Å². The first-order valence-corrected chi connectivity index (χ1v) is 6.16. The molecule has 4 heteroatoms. The molecule has 0 heterocycles. The quantitative estimate of drug-likeness (QED) is 0.677. The molecular weight excluding hydrogens is 206 g/mol. The summed E-state index contributed by atoms with van der Waals surface area (Å²) in [5.41, 5.74) is 0. The molecule has 0 bridgehead atoms. The lowest BCUT2D eigenvalue weighted by Crippen LogP contribution is -2.46. The van der Waals surface area contributed by atoms with Gasteiger partial charge in [-0.15, -0.1) is 0 Å². The Kier molecular flexibility index (Phi) is 3.82. The molecule has 1 atom stereocenters. The Balaban J connectivity index is 1.91. The molecule has 2 rings (SSSR count). The lowest BCUT2D eigenvalue weighted by molar-refractivity contribution is -0.145. The van der Waals surface area contributed by atoms with E-state index in [-0.39, 0.29) is 0 Å². The van der Waals surface area contributed by atoms with Crippen LogP contribution in [0.15, 0.2) is 0 Å². The van der Waals surface area contributed by atoms with Gasteiger partial charge in [-0.2, -0.15) is 0 Å². The third-order valence-electron chi connectivity index (χ3n) is 3.43. The molecule has 1 unspecified atom stereocenters. The van der Waals surface area contributed by atoms with Crippen molar-refractivity contribution >= 4 is 5.97 Å². The normalized spacial score (nSPS) is 22.4. The number of carboxylic acids is 1. The van der Waals surface area contributed by atoms with E-state index in [0.29, 0.717) is 6.61 Å². The van der Waals surface area contributed by atoms with E-state index in [2.05, 4.69) is 4.90 Å². The van der Waals surface area contributed by atoms with Crippen molar-refractivity contribution in [1.82, 2.24) is 4.90 Å². The fourth-order valence-corrected chi connectivity index (χ4v) is 2.08. The monoisotopic (exact) mass is 227 g/mol. The molecule has 16 heavy (non-hydrogen) atoms. The average molecular weight is 227 g/mol. The Morgan fingerprint density at radius 1 is 1.31 bits per heavy atom. The first-order valence-electron chi connectivity index (χ1n) is 6.16. The van der Waals surface area contributed by atoms with E-state index in [1.165, 1.54) is 25.7 Å². The SMILES string of the molecule is COCC(C(=O)O)N(CC1CC1)CC1CC1. The van der Waals surface area contributed by atoms with Crippen LogP contribution in [0.3, 0.4) is 0 Å². The highest BCUT2D eigenvalue weighted by atomic mass is 16.5. The molecular formula is C12H21NO3. The molecule has 0 spiro atoms. The van der Waals surface area contributed by atoms with Crippen LogP contribution < -0.4 is 0 Å². The van der Waals surface area contributed by atoms with Crippen molar-refractivity contribution in [2.75, 3.05) is 26.8 Å². The second kappa shape index (κ2) is 5.15. The summed E-state index contributed by atoms with van der Waals surface area (Å²) in [6, 6.07) is -0.453. The lowest BCUT2D eigenvalue weighted by atomic mass is 10.2. The lowest BCUT2D eigenvalue weighted by Gasteiger charge is -2.28. The van der Waals surface area contributed by atoms with Crippen molar-refractivity contribution in [3.05, 3.63) is 0 Å². The predicted molar refractivity (Wildman–Crippen MR) is 60.3 cm³/mol. The third kappa shape index (κ3) is 3.46. The zero-order valence-electron chi connectivity index (χ0n) is 9.89. The van der Waals surface area contributed by atoms with E-state index in [0.717, 1.165) is 24.9 Å². The number of hydrogen-bond donors (Lipinski definition) is 1. The number of methoxy groups -OCH3 is 1. The van der Waals surface area contributed by atoms with Crippen molar-refractivity contribution in [3.8, 4) is 0 Å². The highest BCUT2D eigenvalue weighted by Gasteiger charge is 2.35. The summed E-state index contributed by atoms with van der Waals surface area (Å²) in [4.78, 5) is 13.3. The van der Waals surface area contributed by atoms with Crippen molar-refractivity contribution in [3.63, 3.8) is 0 Å². The molecule has 2 aliphatic rings. The maximum atomic E-state index is 11.2. The van der Waals surface area contributed by atoms with Crippen molar-refractivity contribution < 1.29 is 14.6 Å². The van der Waals surface area contributed by atoms with E-state index < -0.39 is 12.0 Å². The molecule has 4 nitrogen and oxygen atoms in total. The van der Waals surface area contributed by atoms with Crippen LogP contribution >= 0.6 is 0 Å². The summed E-state index contributed by atoms with van der Waals surface area (Å²) >= 11 is 0. The molecule has 0 saturated heterocycles. The molecule has 2 saturated carbocycles. The molecule has 0 aliphatic heterocycles. The Bertz CT molecular complexity index is 235. The van der Waals surface area contributed by atoms with E-state index >= 15 is 0 Å². The van der Waals surface area contributed by atoms with Crippen LogP contribution in [0.2, 0.25) is 0 Å². The summed E-state index contributed by atoms with van der Waals surface area (Å²) in [5.74, 6) is 0.720. The van der Waals surface area contributed by atoms with Crippen LogP contribution in [-0.4, -0.2) is 48.8 Å². The molecule has 0 amide bonds. The van der Waals surface area contributed by atoms with Crippen LogP contribution in [-0.2, 0) is 9.53 Å². The first kappa shape index (κ1) is 11.9. The molecule has 0 aromatic rings. The van der Waals surface area contributed by atoms with Crippen molar-refractivity contribution in [2.24, 2.45) is 11.8 Å². The Morgan fingerprint density at radius 3 is 2.12 bits per heavy atom. The maximum Gasteiger partial charge on any atom is 0.323 e. The molecule has 92 valence electrons. The number of rotatable bonds is 8. The van der Waals surface area contributed by atoms with Gasteiger partial charge in [0.15, 0.2) is 0 Å². The van der Waals surface area contributed by atoms with Gasteiger partial charge in [-0.1, -0.05) is 0 Å². The fraction of sp³-hybridized carbons (Fsp3) is 0.917. The van der Waals surface area contributed by atoms with Crippen molar-refractivity contribution in [2.45, 2.75) is 31.7 Å². The second-order valence-corrected chi connectivity index (χ2v) is 5.15. The van der Waals surface area contributed by atoms with Gasteiger partial charge in [-0.3, -0.25) is 9.69 Å². The van der Waals surface area contributed by atoms with Crippen LogP contribution in [0.4, 0.5) is 0 Å². The largest absolute Gasteiger partial charge is 0.480 e. The maximum absolute atomic E-state index is 11.2. The van der Waals surface area contributed by atoms with Crippen LogP contribution in [0, 0.1) is 11.8 Å². The zero-order chi connectivity index (χ0) is 11.5. The minimum atomic E-state index is -0.747. The van der Waals surface area contributed by atoms with Crippen molar-refractivity contribution in [1.29, 1.82) is 0 Å². The molecule has 2 fully saturated rings. The van der Waals surface area contributed by atoms with Crippen LogP contribution in [0.1, 0.15) is 25.7 Å². The molecule has 2 aliphatic carbocycles. The number of nitrogens with zero attached hydrogens (tertiary/aromatic N) is 1. The number of aliphatic carboxylic acids is 1. The van der Waals surface area contributed by atoms with Gasteiger partial charge in [0.2, 0.25) is 0 Å². The van der Waals surface area contributed by atoms with E-state index in [9.17, 15) is 9.90 Å². The summed E-state index contributed by atoms with van der Waals surface area (Å²) in [7, 11) is 1.57. The van der Waals surface area contributed by atoms with Gasteiger partial charge in [0.05, 0.1) is 6.61 Å². The third-order valence-corrected chi connectivity index (χ3v) is 3.43. The summed E-state index contributed by atoms with van der Waals surface area (Å²) in [6.07, 6.45) is 5.06. The van der Waals surface area contributed by atoms with E-state index in [4.69, 9.17) is 4.74 Å². The van der Waals surface area contributed by atoms with Gasteiger partial charge in [-0.05, 0) is 37.5 Å². The molecule has 0 aromatic heterocycles. The topological polar surface area (TPSA) is 49.8 Å². The van der Waals surface area contributed by atoms with Gasteiger partial charge in [0, 0.05) is 20.2 Å². The standard InChI is InChI=1S/C12H21NO3/c1-16-8-11(12(14)15)13(6-9-2-3-9)7-10-4-5-10/h9-11H,2-8H2,1H3,(H,14,15). The number of ether oxygens (including phenoxy) is 1. The Labute approximate surface area is 96.6 Å². The fourth-order valence-electron chi connectivity index (χ4n) is 2.08. The van der Waals surface area contributed by atoms with E-state index in [1.54, 1.807) is 7.11 Å². The molecule has 1 N–H and O–H groups in total. The minimum absolute atomic E-state index is 0.300. The number of hydrogen-bond acceptors (Lipinski definition) is 3. The number of carbonyl (C=O) groups is 1. The highest BCUT2D eigenvalue weighted by Crippen LogP contribution is 2.34. The highest BCUT2D eigenvalue weighted by molar-refractivity contribution is 5.73. The van der Waals surface area contributed by atoms with Crippen LogP contribution in [0.5, 0.6) is 0 Å². The van der Waals surface area contributed by atoms with Gasteiger partial charge in [-0.25, -0.2) is 0 Å². The smallest absolute Gasteiger partial charge is 0.323 e. The zero-order valence-corrected chi connectivity index (χ0v) is 9.89. The van der Waals surface area contributed by atoms with E-state index in [1.807, 2.05) is 0 Å². The van der Waals surface area contributed by atoms with Crippen LogP contribution in [0.25, 0.3) is 0 Å². The summed E-state index contributed by atoms with van der Waals surface area (Å²) in [6.45, 7) is 2.18. The van der Waals surface area contributed by atoms with Gasteiger partial charge in [0.1, 0.15) is 6.04 Å². The average Bonchev–Trinajstić information content (AvgIpc) is 3.07. The van der Waals surface area contributed by atoms with Gasteiger partial charge in [0.25, 0.3) is 0 Å². The second-order valence-electron chi connectivity index (χ2n) is 5.15. The number of carboxylic acid groups (broad SMARTS) is 1. The Hall–Kier alpha value is -0.610. The first-order chi connectivity index (χ1) is 7.70. The molecule has 0 radical (unpaired) electrons. The minimum Gasteiger partial charge on any atom is -0.480 e. The molecule has 0 aromatic carbocycles.